The molecule has 1 aliphatic heterocycles. The van der Waals surface area contributed by atoms with Crippen LogP contribution in [0.15, 0.2) is 29.3 Å². The molecular formula is C15H24ClIN4O. The quantitative estimate of drug-likeness (QED) is 0.309. The predicted octanol–water partition coefficient (Wildman–Crippen LogP) is 2.08. The lowest BCUT2D eigenvalue weighted by atomic mass is 10.2. The van der Waals surface area contributed by atoms with Gasteiger partial charge >= 0.3 is 0 Å². The first-order valence-corrected chi connectivity index (χ1v) is 7.70. The van der Waals surface area contributed by atoms with Gasteiger partial charge in [-0.15, -0.1) is 24.0 Å². The van der Waals surface area contributed by atoms with Crippen LogP contribution in [0.4, 0.5) is 0 Å². The van der Waals surface area contributed by atoms with Crippen molar-refractivity contribution in [1.82, 2.24) is 10.2 Å². The van der Waals surface area contributed by atoms with Gasteiger partial charge in [-0.05, 0) is 30.7 Å². The maximum Gasteiger partial charge on any atom is 0.188 e. The Morgan fingerprint density at radius 2 is 1.95 bits per heavy atom. The number of nitrogens with one attached hydrogen (secondary N) is 1. The summed E-state index contributed by atoms with van der Waals surface area (Å²) in [6.45, 7) is 6.23. The molecule has 124 valence electrons. The molecular weight excluding hydrogens is 415 g/mol. The van der Waals surface area contributed by atoms with E-state index in [2.05, 4.69) is 15.2 Å². The van der Waals surface area contributed by atoms with Crippen molar-refractivity contribution in [3.8, 4) is 0 Å². The minimum absolute atomic E-state index is 0. The van der Waals surface area contributed by atoms with E-state index in [9.17, 15) is 0 Å². The average Bonchev–Trinajstić information content (AvgIpc) is 2.52. The van der Waals surface area contributed by atoms with Crippen LogP contribution in [0, 0.1) is 0 Å². The van der Waals surface area contributed by atoms with Crippen LogP contribution >= 0.6 is 35.6 Å². The summed E-state index contributed by atoms with van der Waals surface area (Å²) in [5.74, 6) is 0.493. The van der Waals surface area contributed by atoms with Crippen LogP contribution in [0.1, 0.15) is 12.0 Å². The van der Waals surface area contributed by atoms with Crippen molar-refractivity contribution in [3.63, 3.8) is 0 Å². The molecule has 0 atom stereocenters. The SMILES string of the molecule is I.NC(=NCc1ccc(Cl)cc1)NCCCN1CCOCC1. The van der Waals surface area contributed by atoms with Crippen LogP contribution < -0.4 is 11.1 Å². The third-order valence-electron chi connectivity index (χ3n) is 3.41. The minimum atomic E-state index is 0. The first kappa shape index (κ1) is 19.5. The molecule has 0 bridgehead atoms. The van der Waals surface area contributed by atoms with E-state index in [4.69, 9.17) is 22.1 Å². The molecule has 22 heavy (non-hydrogen) atoms. The van der Waals surface area contributed by atoms with Crippen LogP contribution in [0.5, 0.6) is 0 Å². The minimum Gasteiger partial charge on any atom is -0.379 e. The molecule has 2 rings (SSSR count). The molecule has 1 aromatic rings. The Kier molecular flexibility index (Phi) is 9.77. The van der Waals surface area contributed by atoms with Gasteiger partial charge in [-0.3, -0.25) is 4.90 Å². The Hall–Kier alpha value is -0.570. The molecule has 7 heteroatoms. The van der Waals surface area contributed by atoms with E-state index in [0.29, 0.717) is 12.5 Å². The molecule has 1 fully saturated rings. The first-order chi connectivity index (χ1) is 10.2. The molecule has 0 aliphatic carbocycles. The number of benzene rings is 1. The zero-order chi connectivity index (χ0) is 14.9. The highest BCUT2D eigenvalue weighted by atomic mass is 127. The molecule has 3 N–H and O–H groups in total. The van der Waals surface area contributed by atoms with Gasteiger partial charge in [-0.2, -0.15) is 0 Å². The number of halogens is 2. The van der Waals surface area contributed by atoms with Gasteiger partial charge in [0.25, 0.3) is 0 Å². The molecule has 0 spiro atoms. The Morgan fingerprint density at radius 1 is 1.27 bits per heavy atom. The maximum absolute atomic E-state index is 5.85. The Morgan fingerprint density at radius 3 is 2.64 bits per heavy atom. The van der Waals surface area contributed by atoms with Gasteiger partial charge in [-0.1, -0.05) is 23.7 Å². The second kappa shape index (κ2) is 11.0. The first-order valence-electron chi connectivity index (χ1n) is 7.32. The lowest BCUT2D eigenvalue weighted by molar-refractivity contribution is 0.0376. The molecule has 1 aromatic carbocycles. The molecule has 1 aliphatic rings. The smallest absolute Gasteiger partial charge is 0.188 e. The predicted molar refractivity (Wildman–Crippen MR) is 102 cm³/mol. The molecule has 0 aromatic heterocycles. The number of aliphatic imine (C=N–C) groups is 1. The third-order valence-corrected chi connectivity index (χ3v) is 3.66. The Bertz CT molecular complexity index is 449. The van der Waals surface area contributed by atoms with Gasteiger partial charge in [-0.25, -0.2) is 4.99 Å². The summed E-state index contributed by atoms with van der Waals surface area (Å²) in [6, 6.07) is 7.63. The number of nitrogens with zero attached hydrogens (tertiary/aromatic N) is 2. The second-order valence-electron chi connectivity index (χ2n) is 5.06. The van der Waals surface area contributed by atoms with Crippen molar-refractivity contribution in [2.45, 2.75) is 13.0 Å². The van der Waals surface area contributed by atoms with Crippen molar-refractivity contribution in [3.05, 3.63) is 34.9 Å². The van der Waals surface area contributed by atoms with E-state index >= 15 is 0 Å². The van der Waals surface area contributed by atoms with Gasteiger partial charge in [0.1, 0.15) is 0 Å². The summed E-state index contributed by atoms with van der Waals surface area (Å²) in [7, 11) is 0. The van der Waals surface area contributed by atoms with E-state index in [-0.39, 0.29) is 24.0 Å². The highest BCUT2D eigenvalue weighted by Gasteiger charge is 2.08. The van der Waals surface area contributed by atoms with Crippen LogP contribution in [-0.4, -0.2) is 50.3 Å². The van der Waals surface area contributed by atoms with Crippen LogP contribution in [0.3, 0.4) is 0 Å². The highest BCUT2D eigenvalue weighted by molar-refractivity contribution is 14.0. The van der Waals surface area contributed by atoms with Gasteiger partial charge < -0.3 is 15.8 Å². The standard InChI is InChI=1S/C15H23ClN4O.HI/c16-14-4-2-13(3-5-14)12-19-15(17)18-6-1-7-20-8-10-21-11-9-20;/h2-5H,1,6-12H2,(H3,17,18,19);1H. The third kappa shape index (κ3) is 7.62. The van der Waals surface area contributed by atoms with Crippen molar-refractivity contribution < 1.29 is 4.74 Å². The van der Waals surface area contributed by atoms with E-state index in [1.807, 2.05) is 24.3 Å². The van der Waals surface area contributed by atoms with Crippen LogP contribution in [-0.2, 0) is 11.3 Å². The van der Waals surface area contributed by atoms with Gasteiger partial charge in [0.15, 0.2) is 5.96 Å². The van der Waals surface area contributed by atoms with Crippen molar-refractivity contribution in [2.75, 3.05) is 39.4 Å². The van der Waals surface area contributed by atoms with Gasteiger partial charge in [0, 0.05) is 24.7 Å². The van der Waals surface area contributed by atoms with Crippen molar-refractivity contribution >= 4 is 41.5 Å². The Balaban J connectivity index is 0.00000242. The summed E-state index contributed by atoms with van der Waals surface area (Å²) in [5, 5.41) is 3.88. The number of hydrogen-bond acceptors (Lipinski definition) is 3. The summed E-state index contributed by atoms with van der Waals surface area (Å²) >= 11 is 5.84. The molecule has 0 amide bonds. The van der Waals surface area contributed by atoms with E-state index < -0.39 is 0 Å². The topological polar surface area (TPSA) is 62.9 Å². The zero-order valence-corrected chi connectivity index (χ0v) is 15.7. The van der Waals surface area contributed by atoms with E-state index in [0.717, 1.165) is 56.4 Å². The summed E-state index contributed by atoms with van der Waals surface area (Å²) in [6.07, 6.45) is 1.05. The van der Waals surface area contributed by atoms with Crippen LogP contribution in [0.2, 0.25) is 5.02 Å². The summed E-state index contributed by atoms with van der Waals surface area (Å²) in [5.41, 5.74) is 6.94. The van der Waals surface area contributed by atoms with E-state index in [1.165, 1.54) is 0 Å². The second-order valence-corrected chi connectivity index (χ2v) is 5.50. The number of ether oxygens (including phenoxy) is 1. The summed E-state index contributed by atoms with van der Waals surface area (Å²) in [4.78, 5) is 6.72. The molecule has 0 radical (unpaired) electrons. The fourth-order valence-corrected chi connectivity index (χ4v) is 2.29. The molecule has 5 nitrogen and oxygen atoms in total. The number of guanidine groups is 1. The van der Waals surface area contributed by atoms with Crippen molar-refractivity contribution in [1.29, 1.82) is 0 Å². The molecule has 1 saturated heterocycles. The van der Waals surface area contributed by atoms with Gasteiger partial charge in [0.2, 0.25) is 0 Å². The molecule has 0 unspecified atom stereocenters. The lowest BCUT2D eigenvalue weighted by Gasteiger charge is -2.26. The highest BCUT2D eigenvalue weighted by Crippen LogP contribution is 2.09. The monoisotopic (exact) mass is 438 g/mol. The number of hydrogen-bond donors (Lipinski definition) is 2. The van der Waals surface area contributed by atoms with Crippen molar-refractivity contribution in [2.24, 2.45) is 10.7 Å². The maximum atomic E-state index is 5.85. The number of nitrogens with two attached hydrogens (primary N) is 1. The Labute approximate surface area is 154 Å². The largest absolute Gasteiger partial charge is 0.379 e. The fourth-order valence-electron chi connectivity index (χ4n) is 2.17. The zero-order valence-electron chi connectivity index (χ0n) is 12.6. The average molecular weight is 439 g/mol. The lowest BCUT2D eigenvalue weighted by Crippen LogP contribution is -2.39. The molecule has 0 saturated carbocycles. The van der Waals surface area contributed by atoms with Crippen LogP contribution in [0.25, 0.3) is 0 Å². The normalized spacial score (nSPS) is 16.1. The molecule has 1 heterocycles. The number of rotatable bonds is 6. The number of morpholine rings is 1. The summed E-state index contributed by atoms with van der Waals surface area (Å²) < 4.78 is 5.32. The van der Waals surface area contributed by atoms with Gasteiger partial charge in [0.05, 0.1) is 19.8 Å². The van der Waals surface area contributed by atoms with E-state index in [1.54, 1.807) is 0 Å². The fraction of sp³-hybridized carbons (Fsp3) is 0.533.